The summed E-state index contributed by atoms with van der Waals surface area (Å²) in [6.07, 6.45) is -5.23. The molecule has 5 atom stereocenters. The number of aliphatic hydroxyl groups excluding tert-OH is 6. The van der Waals surface area contributed by atoms with Gasteiger partial charge < -0.3 is 35.4 Å². The highest BCUT2D eigenvalue weighted by Crippen LogP contribution is 2.18. The zero-order valence-electron chi connectivity index (χ0n) is 14.8. The van der Waals surface area contributed by atoms with Gasteiger partial charge in [0.25, 0.3) is 0 Å². The molecule has 0 amide bonds. The van der Waals surface area contributed by atoms with Crippen LogP contribution >= 0.6 is 0 Å². The van der Waals surface area contributed by atoms with Crippen molar-refractivity contribution in [2.75, 3.05) is 6.61 Å². The van der Waals surface area contributed by atoms with Gasteiger partial charge in [-0.3, -0.25) is 0 Å². The van der Waals surface area contributed by atoms with E-state index in [1.807, 2.05) is 6.92 Å². The maximum Gasteiger partial charge on any atom is 0.139 e. The monoisotopic (exact) mass is 368 g/mol. The van der Waals surface area contributed by atoms with Crippen molar-refractivity contribution in [2.45, 2.75) is 50.3 Å². The van der Waals surface area contributed by atoms with Gasteiger partial charge in [0.2, 0.25) is 0 Å². The van der Waals surface area contributed by atoms with Crippen LogP contribution in [0.4, 0.5) is 0 Å². The van der Waals surface area contributed by atoms with Crippen molar-refractivity contribution in [1.82, 2.24) is 0 Å². The molecule has 0 aromatic heterocycles. The molecule has 7 nitrogen and oxygen atoms in total. The van der Waals surface area contributed by atoms with Crippen LogP contribution in [0.25, 0.3) is 6.08 Å². The maximum atomic E-state index is 9.98. The average molecular weight is 368 g/mol. The van der Waals surface area contributed by atoms with E-state index in [1.165, 1.54) is 12.2 Å². The summed E-state index contributed by atoms with van der Waals surface area (Å²) in [4.78, 5) is 0. The topological polar surface area (TPSA) is 131 Å². The molecule has 1 rings (SSSR count). The van der Waals surface area contributed by atoms with Gasteiger partial charge in [-0.05, 0) is 36.6 Å². The van der Waals surface area contributed by atoms with Crippen LogP contribution in [-0.4, -0.2) is 67.8 Å². The molecule has 26 heavy (non-hydrogen) atoms. The zero-order valence-corrected chi connectivity index (χ0v) is 14.8. The van der Waals surface area contributed by atoms with Crippen LogP contribution in [-0.2, 0) is 0 Å². The maximum absolute atomic E-state index is 9.98. The Morgan fingerprint density at radius 3 is 2.19 bits per heavy atom. The molecule has 0 aliphatic heterocycles. The van der Waals surface area contributed by atoms with Crippen molar-refractivity contribution in [3.63, 3.8) is 0 Å². The first-order valence-electron chi connectivity index (χ1n) is 8.46. The number of aliphatic hydroxyl groups is 6. The zero-order chi connectivity index (χ0) is 19.7. The molecule has 6 N–H and O–H groups in total. The molecule has 1 aromatic carbocycles. The third-order valence-electron chi connectivity index (χ3n) is 3.80. The molecule has 0 saturated heterocycles. The van der Waals surface area contributed by atoms with E-state index in [4.69, 9.17) is 4.74 Å². The SMILES string of the molecule is C=CCC(O)[C@H](O)[C@@H](O)[C@H](O)[C@H](O)C(O)=Cc1ccc(OCCC)cc1. The minimum Gasteiger partial charge on any atom is -0.509 e. The van der Waals surface area contributed by atoms with Crippen LogP contribution in [0.2, 0.25) is 0 Å². The number of benzene rings is 1. The first-order valence-corrected chi connectivity index (χ1v) is 8.46. The third-order valence-corrected chi connectivity index (χ3v) is 3.80. The highest BCUT2D eigenvalue weighted by atomic mass is 16.5. The van der Waals surface area contributed by atoms with Gasteiger partial charge >= 0.3 is 0 Å². The van der Waals surface area contributed by atoms with Gasteiger partial charge in [0, 0.05) is 0 Å². The summed E-state index contributed by atoms with van der Waals surface area (Å²) in [6.45, 7) is 5.97. The Hall–Kier alpha value is -1.90. The number of ether oxygens (including phenoxy) is 1. The van der Waals surface area contributed by atoms with Crippen LogP contribution in [0.3, 0.4) is 0 Å². The Balaban J connectivity index is 2.76. The summed E-state index contributed by atoms with van der Waals surface area (Å²) in [5, 5.41) is 59.2. The van der Waals surface area contributed by atoms with E-state index in [-0.39, 0.29) is 6.42 Å². The predicted octanol–water partition coefficient (Wildman–Crippen LogP) is 0.755. The smallest absolute Gasteiger partial charge is 0.139 e. The van der Waals surface area contributed by atoms with Gasteiger partial charge in [-0.1, -0.05) is 25.1 Å². The van der Waals surface area contributed by atoms with Crippen molar-refractivity contribution in [1.29, 1.82) is 0 Å². The lowest BCUT2D eigenvalue weighted by Crippen LogP contribution is -2.49. The molecule has 0 aliphatic carbocycles. The average Bonchev–Trinajstić information content (AvgIpc) is 2.65. The molecule has 1 aromatic rings. The highest BCUT2D eigenvalue weighted by Gasteiger charge is 2.35. The Morgan fingerprint density at radius 2 is 1.65 bits per heavy atom. The van der Waals surface area contributed by atoms with E-state index in [0.717, 1.165) is 6.42 Å². The van der Waals surface area contributed by atoms with Crippen molar-refractivity contribution in [3.05, 3.63) is 48.2 Å². The van der Waals surface area contributed by atoms with E-state index >= 15 is 0 Å². The van der Waals surface area contributed by atoms with Crippen molar-refractivity contribution < 1.29 is 35.4 Å². The van der Waals surface area contributed by atoms with E-state index in [9.17, 15) is 30.6 Å². The summed E-state index contributed by atoms with van der Waals surface area (Å²) >= 11 is 0. The standard InChI is InChI=1S/C19H28O7/c1-3-5-14(20)16(22)18(24)19(25)17(23)15(21)11-12-6-8-13(9-7-12)26-10-4-2/h3,6-9,11,14,16-25H,1,4-5,10H2,2H3/t14?,16-,17+,18+,19+/m0/s1. The summed E-state index contributed by atoms with van der Waals surface area (Å²) in [6, 6.07) is 6.70. The van der Waals surface area contributed by atoms with Crippen LogP contribution < -0.4 is 4.74 Å². The van der Waals surface area contributed by atoms with Gasteiger partial charge in [-0.15, -0.1) is 6.58 Å². The molecule has 0 heterocycles. The summed E-state index contributed by atoms with van der Waals surface area (Å²) in [5.74, 6) is 0.0722. The second kappa shape index (κ2) is 10.9. The lowest BCUT2D eigenvalue weighted by atomic mass is 9.96. The largest absolute Gasteiger partial charge is 0.509 e. The van der Waals surface area contributed by atoms with Gasteiger partial charge in [0.1, 0.15) is 35.9 Å². The lowest BCUT2D eigenvalue weighted by molar-refractivity contribution is -0.131. The predicted molar refractivity (Wildman–Crippen MR) is 97.7 cm³/mol. The Morgan fingerprint density at radius 1 is 1.04 bits per heavy atom. The quantitative estimate of drug-likeness (QED) is 0.251. The fourth-order valence-corrected chi connectivity index (χ4v) is 2.24. The highest BCUT2D eigenvalue weighted by molar-refractivity contribution is 5.53. The number of rotatable bonds is 11. The second-order valence-electron chi connectivity index (χ2n) is 6.00. The van der Waals surface area contributed by atoms with Gasteiger partial charge in [0.05, 0.1) is 12.7 Å². The second-order valence-corrected chi connectivity index (χ2v) is 6.00. The summed E-state index contributed by atoms with van der Waals surface area (Å²) in [5.41, 5.74) is 0.541. The van der Waals surface area contributed by atoms with Crippen molar-refractivity contribution in [2.24, 2.45) is 0 Å². The Labute approximate surface area is 153 Å². The Kier molecular flexibility index (Phi) is 9.32. The van der Waals surface area contributed by atoms with Crippen LogP contribution in [0.15, 0.2) is 42.7 Å². The third kappa shape index (κ3) is 6.44. The summed E-state index contributed by atoms with van der Waals surface area (Å²) < 4.78 is 5.44. The molecule has 1 unspecified atom stereocenters. The van der Waals surface area contributed by atoms with Gasteiger partial charge in [-0.2, -0.15) is 0 Å². The fourth-order valence-electron chi connectivity index (χ4n) is 2.24. The molecule has 0 spiro atoms. The van der Waals surface area contributed by atoms with E-state index in [0.29, 0.717) is 17.9 Å². The molecule has 7 heteroatoms. The minimum atomic E-state index is -1.90. The normalized spacial score (nSPS) is 17.8. The van der Waals surface area contributed by atoms with Crippen molar-refractivity contribution in [3.8, 4) is 5.75 Å². The van der Waals surface area contributed by atoms with Gasteiger partial charge in [-0.25, -0.2) is 0 Å². The molecular weight excluding hydrogens is 340 g/mol. The number of hydrogen-bond donors (Lipinski definition) is 6. The number of hydrogen-bond acceptors (Lipinski definition) is 7. The lowest BCUT2D eigenvalue weighted by Gasteiger charge is -2.28. The van der Waals surface area contributed by atoms with Crippen molar-refractivity contribution >= 4 is 6.08 Å². The molecule has 0 radical (unpaired) electrons. The van der Waals surface area contributed by atoms with E-state index in [1.54, 1.807) is 24.3 Å². The van der Waals surface area contributed by atoms with Crippen LogP contribution in [0.1, 0.15) is 25.3 Å². The Bertz CT molecular complexity index is 570. The summed E-state index contributed by atoms with van der Waals surface area (Å²) in [7, 11) is 0. The first-order chi connectivity index (χ1) is 12.3. The molecule has 0 aliphatic rings. The molecule has 0 saturated carbocycles. The molecule has 0 bridgehead atoms. The molecule has 0 fully saturated rings. The minimum absolute atomic E-state index is 0.00465. The van der Waals surface area contributed by atoms with Gasteiger partial charge in [0.15, 0.2) is 0 Å². The van der Waals surface area contributed by atoms with E-state index in [2.05, 4.69) is 6.58 Å². The van der Waals surface area contributed by atoms with Crippen LogP contribution in [0, 0.1) is 0 Å². The van der Waals surface area contributed by atoms with Crippen LogP contribution in [0.5, 0.6) is 5.75 Å². The molecular formula is C19H28O7. The fraction of sp³-hybridized carbons (Fsp3) is 0.474. The molecule has 146 valence electrons. The first kappa shape index (κ1) is 22.1. The van der Waals surface area contributed by atoms with E-state index < -0.39 is 36.3 Å².